The summed E-state index contributed by atoms with van der Waals surface area (Å²) in [6, 6.07) is 9.48. The minimum Gasteiger partial charge on any atom is -0.350 e. The maximum absolute atomic E-state index is 12.7. The van der Waals surface area contributed by atoms with Crippen molar-refractivity contribution in [1.29, 1.82) is 0 Å². The van der Waals surface area contributed by atoms with E-state index in [1.165, 1.54) is 6.92 Å². The fourth-order valence-electron chi connectivity index (χ4n) is 3.65. The number of amides is 2. The molecule has 1 saturated carbocycles. The van der Waals surface area contributed by atoms with Gasteiger partial charge in [-0.05, 0) is 36.0 Å². The number of carbonyl (C=O) groups is 2. The molecule has 2 N–H and O–H groups in total. The second-order valence-corrected chi connectivity index (χ2v) is 6.91. The quantitative estimate of drug-likeness (QED) is 0.801. The van der Waals surface area contributed by atoms with E-state index in [1.54, 1.807) is 6.20 Å². The number of benzene rings is 1. The summed E-state index contributed by atoms with van der Waals surface area (Å²) in [5, 5.41) is 10.1. The highest BCUT2D eigenvalue weighted by molar-refractivity contribution is 5.87. The molecule has 3 rings (SSSR count). The number of carbonyl (C=O) groups excluding carboxylic acids is 2. The maximum atomic E-state index is 12.7. The lowest BCUT2D eigenvalue weighted by Crippen LogP contribution is -2.49. The largest absolute Gasteiger partial charge is 0.350 e. The molecule has 0 aliphatic heterocycles. The molecule has 1 aliphatic carbocycles. The molecular weight excluding hydrogens is 328 g/mol. The molecule has 1 fully saturated rings. The van der Waals surface area contributed by atoms with E-state index in [1.807, 2.05) is 41.2 Å². The molecular formula is C20H26N4O2. The van der Waals surface area contributed by atoms with Crippen LogP contribution in [0.4, 0.5) is 0 Å². The normalized spacial score (nSPS) is 15.6. The number of hydrogen-bond donors (Lipinski definition) is 2. The minimum atomic E-state index is -0.437. The Bertz CT molecular complexity index is 736. The van der Waals surface area contributed by atoms with Crippen LogP contribution in [0, 0.1) is 5.92 Å². The molecule has 2 amide bonds. The monoisotopic (exact) mass is 354 g/mol. The van der Waals surface area contributed by atoms with E-state index in [-0.39, 0.29) is 17.7 Å². The van der Waals surface area contributed by atoms with Gasteiger partial charge < -0.3 is 10.6 Å². The Morgan fingerprint density at radius 2 is 1.92 bits per heavy atom. The predicted octanol–water partition coefficient (Wildman–Crippen LogP) is 2.24. The number of hydrogen-bond acceptors (Lipinski definition) is 3. The fraction of sp³-hybridized carbons (Fsp3) is 0.450. The molecule has 1 unspecified atom stereocenters. The molecule has 1 atom stereocenters. The van der Waals surface area contributed by atoms with Gasteiger partial charge in [0.15, 0.2) is 0 Å². The van der Waals surface area contributed by atoms with Gasteiger partial charge in [0.2, 0.25) is 11.8 Å². The SMILES string of the molecule is CC(=O)NC(C(=O)NCc1ccccc1Cn1cccn1)C1CCCC1. The molecule has 1 heterocycles. The molecule has 6 heteroatoms. The molecule has 6 nitrogen and oxygen atoms in total. The van der Waals surface area contributed by atoms with Gasteiger partial charge in [-0.25, -0.2) is 0 Å². The van der Waals surface area contributed by atoms with Crippen LogP contribution in [-0.2, 0) is 22.7 Å². The third kappa shape index (κ3) is 4.71. The fourth-order valence-corrected chi connectivity index (χ4v) is 3.65. The van der Waals surface area contributed by atoms with Gasteiger partial charge in [-0.15, -0.1) is 0 Å². The van der Waals surface area contributed by atoms with Crippen LogP contribution < -0.4 is 10.6 Å². The third-order valence-electron chi connectivity index (χ3n) is 4.98. The first-order valence-corrected chi connectivity index (χ1v) is 9.22. The molecule has 1 aromatic carbocycles. The average Bonchev–Trinajstić information content (AvgIpc) is 3.32. The highest BCUT2D eigenvalue weighted by Gasteiger charge is 2.31. The molecule has 1 aromatic heterocycles. The number of aromatic nitrogens is 2. The maximum Gasteiger partial charge on any atom is 0.243 e. The van der Waals surface area contributed by atoms with Crippen molar-refractivity contribution >= 4 is 11.8 Å². The highest BCUT2D eigenvalue weighted by Crippen LogP contribution is 2.28. The van der Waals surface area contributed by atoms with Crippen LogP contribution in [0.2, 0.25) is 0 Å². The second kappa shape index (κ2) is 8.65. The molecule has 0 radical (unpaired) electrons. The van der Waals surface area contributed by atoms with Crippen molar-refractivity contribution in [2.24, 2.45) is 5.92 Å². The summed E-state index contributed by atoms with van der Waals surface area (Å²) in [5.41, 5.74) is 2.18. The van der Waals surface area contributed by atoms with Gasteiger partial charge in [0.05, 0.1) is 6.54 Å². The molecule has 2 aromatic rings. The summed E-state index contributed by atoms with van der Waals surface area (Å²) in [6.07, 6.45) is 7.91. The van der Waals surface area contributed by atoms with E-state index in [2.05, 4.69) is 15.7 Å². The van der Waals surface area contributed by atoms with Crippen LogP contribution in [-0.4, -0.2) is 27.6 Å². The zero-order chi connectivity index (χ0) is 18.4. The lowest BCUT2D eigenvalue weighted by atomic mass is 9.97. The Morgan fingerprint density at radius 3 is 2.58 bits per heavy atom. The predicted molar refractivity (Wildman–Crippen MR) is 99.2 cm³/mol. The third-order valence-corrected chi connectivity index (χ3v) is 4.98. The summed E-state index contributed by atoms with van der Waals surface area (Å²) in [7, 11) is 0. The summed E-state index contributed by atoms with van der Waals surface area (Å²) >= 11 is 0. The van der Waals surface area contributed by atoms with E-state index in [4.69, 9.17) is 0 Å². The standard InChI is InChI=1S/C20H26N4O2/c1-15(25)23-19(16-7-2-3-8-16)20(26)21-13-17-9-4-5-10-18(17)14-24-12-6-11-22-24/h4-6,9-12,16,19H,2-3,7-8,13-14H2,1H3,(H,21,26)(H,23,25). The van der Waals surface area contributed by atoms with E-state index < -0.39 is 6.04 Å². The summed E-state index contributed by atoms with van der Waals surface area (Å²) in [4.78, 5) is 24.2. The highest BCUT2D eigenvalue weighted by atomic mass is 16.2. The first-order chi connectivity index (χ1) is 12.6. The summed E-state index contributed by atoms with van der Waals surface area (Å²) in [5.74, 6) is -0.0182. The lowest BCUT2D eigenvalue weighted by Gasteiger charge is -2.23. The van der Waals surface area contributed by atoms with Crippen molar-refractivity contribution in [2.45, 2.75) is 51.7 Å². The first-order valence-electron chi connectivity index (χ1n) is 9.22. The zero-order valence-electron chi connectivity index (χ0n) is 15.1. The Balaban J connectivity index is 1.65. The van der Waals surface area contributed by atoms with Gasteiger partial charge in [0, 0.05) is 25.9 Å². The van der Waals surface area contributed by atoms with Crippen LogP contribution in [0.15, 0.2) is 42.7 Å². The topological polar surface area (TPSA) is 76.0 Å². The van der Waals surface area contributed by atoms with E-state index >= 15 is 0 Å². The Hall–Kier alpha value is -2.63. The molecule has 0 bridgehead atoms. The Kier molecular flexibility index (Phi) is 6.04. The van der Waals surface area contributed by atoms with Crippen molar-refractivity contribution in [3.63, 3.8) is 0 Å². The molecule has 0 spiro atoms. The summed E-state index contributed by atoms with van der Waals surface area (Å²) in [6.45, 7) is 2.57. The van der Waals surface area contributed by atoms with Gasteiger partial charge >= 0.3 is 0 Å². The van der Waals surface area contributed by atoms with Crippen LogP contribution in [0.25, 0.3) is 0 Å². The van der Waals surface area contributed by atoms with Crippen LogP contribution in [0.1, 0.15) is 43.7 Å². The van der Waals surface area contributed by atoms with E-state index in [9.17, 15) is 9.59 Å². The Labute approximate surface area is 154 Å². The molecule has 138 valence electrons. The molecule has 1 aliphatic rings. The number of rotatable bonds is 7. The van der Waals surface area contributed by atoms with E-state index in [0.29, 0.717) is 13.1 Å². The van der Waals surface area contributed by atoms with Gasteiger partial charge in [-0.2, -0.15) is 5.10 Å². The molecule has 0 saturated heterocycles. The Morgan fingerprint density at radius 1 is 1.19 bits per heavy atom. The van der Waals surface area contributed by atoms with Gasteiger partial charge in [-0.1, -0.05) is 37.1 Å². The van der Waals surface area contributed by atoms with Crippen LogP contribution >= 0.6 is 0 Å². The van der Waals surface area contributed by atoms with Crippen LogP contribution in [0.3, 0.4) is 0 Å². The van der Waals surface area contributed by atoms with Crippen LogP contribution in [0.5, 0.6) is 0 Å². The van der Waals surface area contributed by atoms with Crippen molar-refractivity contribution < 1.29 is 9.59 Å². The summed E-state index contributed by atoms with van der Waals surface area (Å²) < 4.78 is 1.86. The van der Waals surface area contributed by atoms with Crippen molar-refractivity contribution in [3.8, 4) is 0 Å². The smallest absolute Gasteiger partial charge is 0.243 e. The first kappa shape index (κ1) is 18.2. The van der Waals surface area contributed by atoms with Crippen molar-refractivity contribution in [3.05, 3.63) is 53.9 Å². The van der Waals surface area contributed by atoms with Crippen molar-refractivity contribution in [1.82, 2.24) is 20.4 Å². The lowest BCUT2D eigenvalue weighted by molar-refractivity contribution is -0.129. The van der Waals surface area contributed by atoms with Gasteiger partial charge in [0.25, 0.3) is 0 Å². The van der Waals surface area contributed by atoms with Crippen molar-refractivity contribution in [2.75, 3.05) is 0 Å². The number of nitrogens with one attached hydrogen (secondary N) is 2. The zero-order valence-corrected chi connectivity index (χ0v) is 15.1. The second-order valence-electron chi connectivity index (χ2n) is 6.91. The molecule has 26 heavy (non-hydrogen) atoms. The average molecular weight is 354 g/mol. The van der Waals surface area contributed by atoms with Gasteiger partial charge in [-0.3, -0.25) is 14.3 Å². The number of nitrogens with zero attached hydrogens (tertiary/aromatic N) is 2. The van der Waals surface area contributed by atoms with Gasteiger partial charge in [0.1, 0.15) is 6.04 Å². The van der Waals surface area contributed by atoms with E-state index in [0.717, 1.165) is 36.8 Å². The minimum absolute atomic E-state index is 0.0963.